The molecular formula is C14H19ClF3NO. The third-order valence-corrected chi connectivity index (χ3v) is 3.62. The molecule has 1 aromatic rings. The zero-order valence-corrected chi connectivity index (χ0v) is 12.4. The average Bonchev–Trinajstić information content (AvgIpc) is 2.26. The second-order valence-corrected chi connectivity index (χ2v) is 6.37. The van der Waals surface area contributed by atoms with Crippen LogP contribution in [0.15, 0.2) is 18.2 Å². The van der Waals surface area contributed by atoms with Crippen molar-refractivity contribution in [2.75, 3.05) is 0 Å². The molecule has 1 aromatic carbocycles. The van der Waals surface area contributed by atoms with Gasteiger partial charge < -0.3 is 10.8 Å². The van der Waals surface area contributed by atoms with Crippen molar-refractivity contribution < 1.29 is 18.3 Å². The van der Waals surface area contributed by atoms with Crippen molar-refractivity contribution in [3.05, 3.63) is 34.3 Å². The Morgan fingerprint density at radius 2 is 1.80 bits per heavy atom. The quantitative estimate of drug-likeness (QED) is 0.881. The van der Waals surface area contributed by atoms with Gasteiger partial charge in [-0.2, -0.15) is 13.2 Å². The van der Waals surface area contributed by atoms with Crippen LogP contribution in [0.2, 0.25) is 5.02 Å². The van der Waals surface area contributed by atoms with Gasteiger partial charge in [-0.3, -0.25) is 0 Å². The first-order chi connectivity index (χ1) is 8.93. The van der Waals surface area contributed by atoms with Crippen molar-refractivity contribution in [1.82, 2.24) is 0 Å². The maximum Gasteiger partial charge on any atom is 0.416 e. The van der Waals surface area contributed by atoms with Crippen LogP contribution in [0.1, 0.15) is 44.4 Å². The van der Waals surface area contributed by atoms with Crippen LogP contribution in [0.25, 0.3) is 0 Å². The molecule has 3 N–H and O–H groups in total. The Kier molecular flexibility index (Phi) is 5.11. The Hall–Kier alpha value is -0.780. The molecule has 0 spiro atoms. The van der Waals surface area contributed by atoms with E-state index in [0.29, 0.717) is 0 Å². The van der Waals surface area contributed by atoms with Crippen LogP contribution in [0.5, 0.6) is 0 Å². The molecule has 0 radical (unpaired) electrons. The van der Waals surface area contributed by atoms with Crippen LogP contribution in [-0.4, -0.2) is 11.1 Å². The van der Waals surface area contributed by atoms with Gasteiger partial charge in [0.25, 0.3) is 0 Å². The molecule has 0 saturated carbocycles. The summed E-state index contributed by atoms with van der Waals surface area (Å²) in [6, 6.07) is 2.55. The molecule has 0 heterocycles. The van der Waals surface area contributed by atoms with Crippen molar-refractivity contribution in [3.63, 3.8) is 0 Å². The molecule has 0 aliphatic rings. The number of rotatable bonds is 3. The van der Waals surface area contributed by atoms with E-state index in [9.17, 15) is 18.3 Å². The monoisotopic (exact) mass is 309 g/mol. The smallest absolute Gasteiger partial charge is 0.388 e. The summed E-state index contributed by atoms with van der Waals surface area (Å²) >= 11 is 5.87. The molecule has 0 amide bonds. The highest BCUT2D eigenvalue weighted by Crippen LogP contribution is 2.35. The number of hydrogen-bond donors (Lipinski definition) is 2. The van der Waals surface area contributed by atoms with Gasteiger partial charge in [0.1, 0.15) is 0 Å². The minimum absolute atomic E-state index is 0.0567. The van der Waals surface area contributed by atoms with Gasteiger partial charge in [-0.05, 0) is 35.6 Å². The summed E-state index contributed by atoms with van der Waals surface area (Å²) in [6.45, 7) is 5.70. The van der Waals surface area contributed by atoms with Gasteiger partial charge in [-0.25, -0.2) is 0 Å². The normalized spacial score (nSPS) is 16.1. The predicted molar refractivity (Wildman–Crippen MR) is 73.5 cm³/mol. The molecule has 114 valence electrons. The molecular weight excluding hydrogens is 291 g/mol. The molecule has 1 rings (SSSR count). The maximum absolute atomic E-state index is 12.7. The van der Waals surface area contributed by atoms with Gasteiger partial charge in [0.05, 0.1) is 11.7 Å². The van der Waals surface area contributed by atoms with Crippen LogP contribution in [0, 0.1) is 5.41 Å². The minimum Gasteiger partial charge on any atom is -0.388 e. The van der Waals surface area contributed by atoms with Crippen LogP contribution in [-0.2, 0) is 6.18 Å². The fourth-order valence-corrected chi connectivity index (χ4v) is 1.94. The van der Waals surface area contributed by atoms with Crippen molar-refractivity contribution in [2.45, 2.75) is 45.5 Å². The molecule has 0 unspecified atom stereocenters. The van der Waals surface area contributed by atoms with Gasteiger partial charge in [-0.1, -0.05) is 32.4 Å². The Morgan fingerprint density at radius 3 is 2.25 bits per heavy atom. The lowest BCUT2D eigenvalue weighted by molar-refractivity contribution is -0.137. The first kappa shape index (κ1) is 17.3. The molecule has 0 bridgehead atoms. The molecule has 0 aliphatic heterocycles. The fourth-order valence-electron chi connectivity index (χ4n) is 1.70. The minimum atomic E-state index is -4.47. The molecule has 2 nitrogen and oxygen atoms in total. The summed E-state index contributed by atoms with van der Waals surface area (Å²) in [5.74, 6) is 0. The summed E-state index contributed by atoms with van der Waals surface area (Å²) in [6.07, 6.45) is -5.45. The number of nitrogens with two attached hydrogens (primary N) is 1. The highest BCUT2D eigenvalue weighted by molar-refractivity contribution is 6.31. The van der Waals surface area contributed by atoms with E-state index in [1.807, 2.05) is 20.8 Å². The first-order valence-electron chi connectivity index (χ1n) is 6.23. The van der Waals surface area contributed by atoms with Gasteiger partial charge >= 0.3 is 6.18 Å². The van der Waals surface area contributed by atoms with Gasteiger partial charge in [-0.15, -0.1) is 0 Å². The van der Waals surface area contributed by atoms with Crippen molar-refractivity contribution in [2.24, 2.45) is 11.1 Å². The largest absolute Gasteiger partial charge is 0.416 e. The van der Waals surface area contributed by atoms with E-state index in [4.69, 9.17) is 17.3 Å². The lowest BCUT2D eigenvalue weighted by Gasteiger charge is -2.29. The van der Waals surface area contributed by atoms with Crippen LogP contribution in [0.3, 0.4) is 0 Å². The van der Waals surface area contributed by atoms with Crippen LogP contribution < -0.4 is 5.73 Å². The van der Waals surface area contributed by atoms with E-state index in [1.165, 1.54) is 0 Å². The predicted octanol–water partition coefficient (Wildman–Crippen LogP) is 4.16. The van der Waals surface area contributed by atoms with Gasteiger partial charge in [0, 0.05) is 11.1 Å². The van der Waals surface area contributed by atoms with E-state index in [-0.39, 0.29) is 28.5 Å². The summed E-state index contributed by atoms with van der Waals surface area (Å²) in [7, 11) is 0. The molecule has 0 fully saturated rings. The second kappa shape index (κ2) is 5.92. The topological polar surface area (TPSA) is 46.2 Å². The summed E-state index contributed by atoms with van der Waals surface area (Å²) in [4.78, 5) is 0. The first-order valence-corrected chi connectivity index (χ1v) is 6.61. The van der Waals surface area contributed by atoms with Crippen LogP contribution in [0.4, 0.5) is 13.2 Å². The Balaban J connectivity index is 3.01. The van der Waals surface area contributed by atoms with E-state index in [0.717, 1.165) is 18.2 Å². The number of halogens is 4. The van der Waals surface area contributed by atoms with Crippen molar-refractivity contribution in [3.8, 4) is 0 Å². The molecule has 0 aromatic heterocycles. The maximum atomic E-state index is 12.7. The summed E-state index contributed by atoms with van der Waals surface area (Å²) in [5, 5.41) is 10.2. The second-order valence-electron chi connectivity index (χ2n) is 5.96. The standard InChI is InChI=1S/C14H19ClF3NO/c1-13(2,3)12(19)7-11(20)9-6-8(14(16,17)18)4-5-10(9)15/h4-6,11-12,20H,7,19H2,1-3H3/t11-,12-/m1/s1. The van der Waals surface area contributed by atoms with Crippen molar-refractivity contribution >= 4 is 11.6 Å². The SMILES string of the molecule is CC(C)(C)[C@H](N)C[C@@H](O)c1cc(C(F)(F)F)ccc1Cl. The highest BCUT2D eigenvalue weighted by Gasteiger charge is 2.32. The van der Waals surface area contributed by atoms with E-state index >= 15 is 0 Å². The third kappa shape index (κ3) is 4.36. The molecule has 20 heavy (non-hydrogen) atoms. The summed E-state index contributed by atoms with van der Waals surface area (Å²) in [5.41, 5.74) is 4.91. The van der Waals surface area contributed by atoms with Gasteiger partial charge in [0.15, 0.2) is 0 Å². The van der Waals surface area contributed by atoms with Crippen LogP contribution >= 0.6 is 11.6 Å². The number of aliphatic hydroxyl groups is 1. The number of benzene rings is 1. The molecule has 6 heteroatoms. The molecule has 0 aliphatic carbocycles. The lowest BCUT2D eigenvalue weighted by Crippen LogP contribution is -2.36. The average molecular weight is 310 g/mol. The number of alkyl halides is 3. The van der Waals surface area contributed by atoms with E-state index in [1.54, 1.807) is 0 Å². The third-order valence-electron chi connectivity index (χ3n) is 3.27. The highest BCUT2D eigenvalue weighted by atomic mass is 35.5. The van der Waals surface area contributed by atoms with E-state index in [2.05, 4.69) is 0 Å². The zero-order valence-electron chi connectivity index (χ0n) is 11.6. The molecule has 2 atom stereocenters. The Bertz CT molecular complexity index is 468. The lowest BCUT2D eigenvalue weighted by atomic mass is 9.83. The number of aliphatic hydroxyl groups excluding tert-OH is 1. The Morgan fingerprint density at radius 1 is 1.25 bits per heavy atom. The fraction of sp³-hybridized carbons (Fsp3) is 0.571. The molecule has 0 saturated heterocycles. The van der Waals surface area contributed by atoms with Crippen molar-refractivity contribution in [1.29, 1.82) is 0 Å². The Labute approximate surface area is 121 Å². The summed E-state index contributed by atoms with van der Waals surface area (Å²) < 4.78 is 38.0. The zero-order chi connectivity index (χ0) is 15.7. The van der Waals surface area contributed by atoms with E-state index < -0.39 is 17.8 Å². The number of hydrogen-bond acceptors (Lipinski definition) is 2. The van der Waals surface area contributed by atoms with Gasteiger partial charge in [0.2, 0.25) is 0 Å².